The Morgan fingerprint density at radius 1 is 1.30 bits per heavy atom. The lowest BCUT2D eigenvalue weighted by Gasteiger charge is -2.09. The van der Waals surface area contributed by atoms with Gasteiger partial charge in [0.2, 0.25) is 5.88 Å². The Balaban J connectivity index is 2.29. The van der Waals surface area contributed by atoms with E-state index in [1.54, 1.807) is 26.3 Å². The summed E-state index contributed by atoms with van der Waals surface area (Å²) in [7, 11) is 3.27. The van der Waals surface area contributed by atoms with Gasteiger partial charge in [0.15, 0.2) is 17.4 Å². The molecular formula is C13H13BrFN3O2. The molecule has 0 fully saturated rings. The van der Waals surface area contributed by atoms with Crippen LogP contribution in [0.1, 0.15) is 5.82 Å². The first kappa shape index (κ1) is 14.7. The van der Waals surface area contributed by atoms with Gasteiger partial charge < -0.3 is 14.8 Å². The summed E-state index contributed by atoms with van der Waals surface area (Å²) in [5.74, 6) is 0.888. The van der Waals surface area contributed by atoms with Gasteiger partial charge in [0.25, 0.3) is 0 Å². The highest BCUT2D eigenvalue weighted by molar-refractivity contribution is 9.10. The van der Waals surface area contributed by atoms with Crippen molar-refractivity contribution < 1.29 is 13.9 Å². The molecule has 1 heterocycles. The van der Waals surface area contributed by atoms with E-state index in [0.717, 1.165) is 0 Å². The minimum atomic E-state index is -0.475. The van der Waals surface area contributed by atoms with Gasteiger partial charge in [-0.2, -0.15) is 4.98 Å². The highest BCUT2D eigenvalue weighted by Crippen LogP contribution is 2.26. The molecule has 0 radical (unpaired) electrons. The van der Waals surface area contributed by atoms with Gasteiger partial charge in [0.05, 0.1) is 0 Å². The molecular weight excluding hydrogens is 329 g/mol. The van der Waals surface area contributed by atoms with Crippen molar-refractivity contribution in [2.24, 2.45) is 0 Å². The fourth-order valence-corrected chi connectivity index (χ4v) is 1.85. The Morgan fingerprint density at radius 3 is 2.75 bits per heavy atom. The Kier molecular flexibility index (Phi) is 4.86. The monoisotopic (exact) mass is 341 g/mol. The third-order valence-corrected chi connectivity index (χ3v) is 2.88. The average molecular weight is 342 g/mol. The standard InChI is InChI=1S/C13H13BrFN3O2/c1-16-11-6-13(18-12(17-11)7-19-2)20-10-4-3-8(14)5-9(10)15/h3-6H,7H2,1-2H3,(H,16,17,18). The topological polar surface area (TPSA) is 56.3 Å². The SMILES string of the molecule is CNc1cc(Oc2ccc(Br)cc2F)nc(COC)n1. The average Bonchev–Trinajstić information content (AvgIpc) is 2.42. The molecule has 2 rings (SSSR count). The highest BCUT2D eigenvalue weighted by Gasteiger charge is 2.09. The molecule has 0 aliphatic carbocycles. The van der Waals surface area contributed by atoms with Crippen LogP contribution < -0.4 is 10.1 Å². The minimum absolute atomic E-state index is 0.0947. The van der Waals surface area contributed by atoms with Crippen LogP contribution in [-0.2, 0) is 11.3 Å². The number of aromatic nitrogens is 2. The van der Waals surface area contributed by atoms with Crippen LogP contribution in [0.3, 0.4) is 0 Å². The number of benzene rings is 1. The number of hydrogen-bond donors (Lipinski definition) is 1. The van der Waals surface area contributed by atoms with Crippen LogP contribution in [0.15, 0.2) is 28.7 Å². The normalized spacial score (nSPS) is 10.4. The fourth-order valence-electron chi connectivity index (χ4n) is 1.52. The van der Waals surface area contributed by atoms with Crippen molar-refractivity contribution >= 4 is 21.7 Å². The Morgan fingerprint density at radius 2 is 2.10 bits per heavy atom. The molecule has 5 nitrogen and oxygen atoms in total. The van der Waals surface area contributed by atoms with E-state index in [2.05, 4.69) is 31.2 Å². The molecule has 7 heteroatoms. The van der Waals surface area contributed by atoms with Crippen LogP contribution >= 0.6 is 15.9 Å². The molecule has 0 spiro atoms. The summed E-state index contributed by atoms with van der Waals surface area (Å²) in [4.78, 5) is 8.34. The van der Waals surface area contributed by atoms with Gasteiger partial charge >= 0.3 is 0 Å². The van der Waals surface area contributed by atoms with Gasteiger partial charge in [-0.3, -0.25) is 0 Å². The van der Waals surface area contributed by atoms with E-state index in [4.69, 9.17) is 9.47 Å². The van der Waals surface area contributed by atoms with Gasteiger partial charge in [0, 0.05) is 24.7 Å². The van der Waals surface area contributed by atoms with Gasteiger partial charge in [-0.25, -0.2) is 9.37 Å². The lowest BCUT2D eigenvalue weighted by molar-refractivity contribution is 0.177. The van der Waals surface area contributed by atoms with Crippen LogP contribution in [0.4, 0.5) is 10.2 Å². The number of nitrogens with zero attached hydrogens (tertiary/aromatic N) is 2. The second-order valence-electron chi connectivity index (χ2n) is 3.87. The Bertz CT molecular complexity index is 610. The van der Waals surface area contributed by atoms with Gasteiger partial charge in [-0.1, -0.05) is 15.9 Å². The summed E-state index contributed by atoms with van der Waals surface area (Å²) < 4.78 is 24.8. The number of halogens is 2. The second-order valence-corrected chi connectivity index (χ2v) is 4.78. The summed E-state index contributed by atoms with van der Waals surface area (Å²) in [5, 5.41) is 2.89. The summed E-state index contributed by atoms with van der Waals surface area (Å²) in [5.41, 5.74) is 0. The zero-order chi connectivity index (χ0) is 14.5. The molecule has 1 aromatic carbocycles. The Hall–Kier alpha value is -1.73. The van der Waals surface area contributed by atoms with Crippen molar-refractivity contribution in [3.8, 4) is 11.6 Å². The first-order valence-corrected chi connectivity index (χ1v) is 6.59. The first-order chi connectivity index (χ1) is 9.62. The van der Waals surface area contributed by atoms with Crippen LogP contribution in [0, 0.1) is 5.82 Å². The predicted molar refractivity (Wildman–Crippen MR) is 76.5 cm³/mol. The van der Waals surface area contributed by atoms with E-state index >= 15 is 0 Å². The van der Waals surface area contributed by atoms with Gasteiger partial charge in [0.1, 0.15) is 12.4 Å². The molecule has 0 bridgehead atoms. The molecule has 1 aromatic heterocycles. The third-order valence-electron chi connectivity index (χ3n) is 2.39. The van der Waals surface area contributed by atoms with Crippen LogP contribution in [-0.4, -0.2) is 24.1 Å². The molecule has 0 aliphatic heterocycles. The number of methoxy groups -OCH3 is 1. The van der Waals surface area contributed by atoms with Crippen LogP contribution in [0.5, 0.6) is 11.6 Å². The van der Waals surface area contributed by atoms with Crippen LogP contribution in [0.2, 0.25) is 0 Å². The predicted octanol–water partition coefficient (Wildman–Crippen LogP) is 3.36. The van der Waals surface area contributed by atoms with Crippen molar-refractivity contribution in [2.45, 2.75) is 6.61 Å². The smallest absolute Gasteiger partial charge is 0.224 e. The van der Waals surface area contributed by atoms with Crippen molar-refractivity contribution in [3.05, 3.63) is 40.4 Å². The van der Waals surface area contributed by atoms with E-state index in [1.807, 2.05) is 0 Å². The number of ether oxygens (including phenoxy) is 2. The molecule has 0 saturated carbocycles. The number of rotatable bonds is 5. The summed E-state index contributed by atoms with van der Waals surface area (Å²) in [6.45, 7) is 0.245. The molecule has 1 N–H and O–H groups in total. The molecule has 0 aliphatic rings. The molecule has 0 amide bonds. The summed E-state index contributed by atoms with van der Waals surface area (Å²) in [6.07, 6.45) is 0. The molecule has 0 unspecified atom stereocenters. The zero-order valence-corrected chi connectivity index (χ0v) is 12.6. The lowest BCUT2D eigenvalue weighted by Crippen LogP contribution is -2.03. The summed E-state index contributed by atoms with van der Waals surface area (Å²) >= 11 is 3.19. The molecule has 106 valence electrons. The molecule has 2 aromatic rings. The zero-order valence-electron chi connectivity index (χ0n) is 11.0. The summed E-state index contributed by atoms with van der Waals surface area (Å²) in [6, 6.07) is 6.12. The van der Waals surface area contributed by atoms with Gasteiger partial charge in [-0.05, 0) is 18.2 Å². The molecule has 20 heavy (non-hydrogen) atoms. The van der Waals surface area contributed by atoms with E-state index in [-0.39, 0.29) is 18.2 Å². The van der Waals surface area contributed by atoms with Crippen molar-refractivity contribution in [2.75, 3.05) is 19.5 Å². The number of nitrogens with one attached hydrogen (secondary N) is 1. The molecule has 0 atom stereocenters. The Labute approximate surface area is 124 Å². The lowest BCUT2D eigenvalue weighted by atomic mass is 10.3. The maximum absolute atomic E-state index is 13.7. The largest absolute Gasteiger partial charge is 0.436 e. The first-order valence-electron chi connectivity index (χ1n) is 5.80. The van der Waals surface area contributed by atoms with Crippen molar-refractivity contribution in [3.63, 3.8) is 0 Å². The van der Waals surface area contributed by atoms with Gasteiger partial charge in [-0.15, -0.1) is 0 Å². The van der Waals surface area contributed by atoms with E-state index < -0.39 is 5.82 Å². The van der Waals surface area contributed by atoms with Crippen molar-refractivity contribution in [1.82, 2.24) is 9.97 Å². The number of hydrogen-bond acceptors (Lipinski definition) is 5. The minimum Gasteiger partial charge on any atom is -0.436 e. The van der Waals surface area contributed by atoms with E-state index in [9.17, 15) is 4.39 Å². The highest BCUT2D eigenvalue weighted by atomic mass is 79.9. The fraction of sp³-hybridized carbons (Fsp3) is 0.231. The van der Waals surface area contributed by atoms with Crippen molar-refractivity contribution in [1.29, 1.82) is 0 Å². The van der Waals surface area contributed by atoms with Crippen LogP contribution in [0.25, 0.3) is 0 Å². The quantitative estimate of drug-likeness (QED) is 0.903. The number of anilines is 1. The maximum atomic E-state index is 13.7. The maximum Gasteiger partial charge on any atom is 0.224 e. The van der Waals surface area contributed by atoms with E-state index in [0.29, 0.717) is 16.1 Å². The third kappa shape index (κ3) is 3.64. The van der Waals surface area contributed by atoms with E-state index in [1.165, 1.54) is 12.1 Å². The second kappa shape index (κ2) is 6.62. The molecule has 0 saturated heterocycles.